The Morgan fingerprint density at radius 3 is 2.22 bits per heavy atom. The zero-order valence-corrected chi connectivity index (χ0v) is 19.0. The number of piperidine rings is 1. The molecule has 32 heavy (non-hydrogen) atoms. The van der Waals surface area contributed by atoms with Crippen LogP contribution in [0.2, 0.25) is 0 Å². The van der Waals surface area contributed by atoms with Crippen molar-refractivity contribution in [3.05, 3.63) is 84.4 Å². The van der Waals surface area contributed by atoms with Crippen LogP contribution in [0.3, 0.4) is 0 Å². The molecule has 166 valence electrons. The normalized spacial score (nSPS) is 19.1. The number of rotatable bonds is 7. The van der Waals surface area contributed by atoms with Crippen molar-refractivity contribution in [1.82, 2.24) is 20.2 Å². The summed E-state index contributed by atoms with van der Waals surface area (Å²) >= 11 is 0. The molecule has 1 atom stereocenters. The fourth-order valence-electron chi connectivity index (χ4n) is 4.68. The molecular formula is C27H32N4O. The maximum absolute atomic E-state index is 13.5. The molecular weight excluding hydrogens is 396 g/mol. The number of carbonyl (C=O) groups is 1. The van der Waals surface area contributed by atoms with Gasteiger partial charge < -0.3 is 5.32 Å². The van der Waals surface area contributed by atoms with Crippen molar-refractivity contribution in [2.24, 2.45) is 5.41 Å². The van der Waals surface area contributed by atoms with Crippen molar-refractivity contribution in [3.8, 4) is 11.1 Å². The van der Waals surface area contributed by atoms with E-state index in [0.29, 0.717) is 0 Å². The van der Waals surface area contributed by atoms with Gasteiger partial charge in [-0.15, -0.1) is 0 Å². The maximum atomic E-state index is 13.5. The second kappa shape index (κ2) is 10.0. The molecule has 1 unspecified atom stereocenters. The average Bonchev–Trinajstić information content (AvgIpc) is 2.81. The number of benzene rings is 1. The molecule has 0 bridgehead atoms. The summed E-state index contributed by atoms with van der Waals surface area (Å²) in [4.78, 5) is 24.1. The van der Waals surface area contributed by atoms with Gasteiger partial charge in [-0.05, 0) is 86.2 Å². The van der Waals surface area contributed by atoms with Crippen LogP contribution in [0.15, 0.2) is 73.3 Å². The molecule has 1 aliphatic rings. The number of likely N-dealkylation sites (tertiary alicyclic amines) is 1. The fourth-order valence-corrected chi connectivity index (χ4v) is 4.68. The first kappa shape index (κ1) is 22.2. The number of nitrogens with zero attached hydrogens (tertiary/aromatic N) is 3. The number of aromatic nitrogens is 2. The average molecular weight is 429 g/mol. The van der Waals surface area contributed by atoms with Crippen molar-refractivity contribution in [1.29, 1.82) is 0 Å². The van der Waals surface area contributed by atoms with Gasteiger partial charge in [-0.25, -0.2) is 0 Å². The molecule has 0 saturated carbocycles. The number of nitrogens with one attached hydrogen (secondary N) is 1. The highest BCUT2D eigenvalue weighted by molar-refractivity contribution is 5.83. The molecule has 3 heterocycles. The van der Waals surface area contributed by atoms with Crippen molar-refractivity contribution >= 4 is 5.91 Å². The maximum Gasteiger partial charge on any atom is 0.228 e. The number of pyridine rings is 2. The lowest BCUT2D eigenvalue weighted by molar-refractivity contribution is -0.135. The lowest BCUT2D eigenvalue weighted by Crippen LogP contribution is -2.54. The van der Waals surface area contributed by atoms with Crippen LogP contribution in [-0.4, -0.2) is 39.9 Å². The highest BCUT2D eigenvalue weighted by Crippen LogP contribution is 2.35. The highest BCUT2D eigenvalue weighted by atomic mass is 16.2. The highest BCUT2D eigenvalue weighted by Gasteiger charge is 2.42. The molecule has 1 aromatic carbocycles. The van der Waals surface area contributed by atoms with Crippen LogP contribution in [0.5, 0.6) is 0 Å². The Bertz CT molecular complexity index is 1000. The Kier molecular flexibility index (Phi) is 6.96. The molecule has 0 radical (unpaired) electrons. The Morgan fingerprint density at radius 1 is 0.938 bits per heavy atom. The zero-order chi connectivity index (χ0) is 22.4. The van der Waals surface area contributed by atoms with E-state index in [2.05, 4.69) is 56.6 Å². The first-order valence-corrected chi connectivity index (χ1v) is 11.5. The predicted molar refractivity (Wildman–Crippen MR) is 128 cm³/mol. The molecule has 1 saturated heterocycles. The van der Waals surface area contributed by atoms with E-state index in [1.165, 1.54) is 16.7 Å². The van der Waals surface area contributed by atoms with Gasteiger partial charge in [0.05, 0.1) is 5.41 Å². The van der Waals surface area contributed by atoms with Crippen LogP contribution in [0.1, 0.15) is 37.8 Å². The lowest BCUT2D eigenvalue weighted by atomic mass is 9.74. The molecule has 1 N–H and O–H groups in total. The largest absolute Gasteiger partial charge is 0.353 e. The Balaban J connectivity index is 1.55. The SMILES string of the molecule is CC(C)NC(=O)C1(Cc2ccc(-c3ccncc3)cc2)CCCN(Cc2ccncc2)C1. The second-order valence-corrected chi connectivity index (χ2v) is 9.19. The van der Waals surface area contributed by atoms with Gasteiger partial charge in [0.15, 0.2) is 0 Å². The first-order valence-electron chi connectivity index (χ1n) is 11.5. The summed E-state index contributed by atoms with van der Waals surface area (Å²) in [6.07, 6.45) is 9.97. The molecule has 1 aliphatic heterocycles. The minimum Gasteiger partial charge on any atom is -0.353 e. The number of amides is 1. The molecule has 5 nitrogen and oxygen atoms in total. The monoisotopic (exact) mass is 428 g/mol. The summed E-state index contributed by atoms with van der Waals surface area (Å²) in [5, 5.41) is 3.21. The van der Waals surface area contributed by atoms with Crippen LogP contribution in [0.4, 0.5) is 0 Å². The topological polar surface area (TPSA) is 58.1 Å². The summed E-state index contributed by atoms with van der Waals surface area (Å²) in [5.74, 6) is 0.171. The molecule has 2 aromatic heterocycles. The molecule has 0 spiro atoms. The van der Waals surface area contributed by atoms with Crippen LogP contribution >= 0.6 is 0 Å². The zero-order valence-electron chi connectivity index (χ0n) is 19.0. The minimum atomic E-state index is -0.423. The molecule has 4 rings (SSSR count). The smallest absolute Gasteiger partial charge is 0.228 e. The number of hydrogen-bond donors (Lipinski definition) is 1. The van der Waals surface area contributed by atoms with Crippen LogP contribution in [-0.2, 0) is 17.8 Å². The van der Waals surface area contributed by atoms with Crippen LogP contribution < -0.4 is 5.32 Å². The van der Waals surface area contributed by atoms with E-state index in [1.54, 1.807) is 0 Å². The predicted octanol–water partition coefficient (Wildman–Crippen LogP) is 4.49. The van der Waals surface area contributed by atoms with E-state index in [4.69, 9.17) is 0 Å². The van der Waals surface area contributed by atoms with Crippen molar-refractivity contribution < 1.29 is 4.79 Å². The van der Waals surface area contributed by atoms with Gasteiger partial charge in [-0.2, -0.15) is 0 Å². The van der Waals surface area contributed by atoms with Gasteiger partial charge >= 0.3 is 0 Å². The third-order valence-corrected chi connectivity index (χ3v) is 6.22. The van der Waals surface area contributed by atoms with Gasteiger partial charge in [0, 0.05) is 43.9 Å². The van der Waals surface area contributed by atoms with E-state index in [-0.39, 0.29) is 11.9 Å². The molecule has 5 heteroatoms. The van der Waals surface area contributed by atoms with Crippen molar-refractivity contribution in [2.75, 3.05) is 13.1 Å². The van der Waals surface area contributed by atoms with E-state index >= 15 is 0 Å². The standard InChI is InChI=1S/C27H32N4O/c1-21(2)30-26(32)27(12-3-17-31(20-27)19-23-8-13-28-14-9-23)18-22-4-6-24(7-5-22)25-10-15-29-16-11-25/h4-11,13-16,21H,3,12,17-20H2,1-2H3,(H,30,32). The first-order chi connectivity index (χ1) is 15.5. The summed E-state index contributed by atoms with van der Waals surface area (Å²) in [6.45, 7) is 6.69. The third-order valence-electron chi connectivity index (χ3n) is 6.22. The fraction of sp³-hybridized carbons (Fsp3) is 0.370. The molecule has 1 fully saturated rings. The van der Waals surface area contributed by atoms with Crippen molar-refractivity contribution in [3.63, 3.8) is 0 Å². The molecule has 0 aliphatic carbocycles. The van der Waals surface area contributed by atoms with Gasteiger partial charge in [0.1, 0.15) is 0 Å². The third kappa shape index (κ3) is 5.40. The van der Waals surface area contributed by atoms with Crippen LogP contribution in [0, 0.1) is 5.41 Å². The van der Waals surface area contributed by atoms with E-state index in [0.717, 1.165) is 44.5 Å². The second-order valence-electron chi connectivity index (χ2n) is 9.19. The van der Waals surface area contributed by atoms with E-state index in [1.807, 2.05) is 50.8 Å². The van der Waals surface area contributed by atoms with Gasteiger partial charge in [-0.1, -0.05) is 24.3 Å². The lowest BCUT2D eigenvalue weighted by Gasteiger charge is -2.42. The minimum absolute atomic E-state index is 0.129. The quantitative estimate of drug-likeness (QED) is 0.602. The summed E-state index contributed by atoms with van der Waals surface area (Å²) in [5.41, 5.74) is 4.34. The summed E-state index contributed by atoms with van der Waals surface area (Å²) in [7, 11) is 0. The summed E-state index contributed by atoms with van der Waals surface area (Å²) < 4.78 is 0. The van der Waals surface area contributed by atoms with Gasteiger partial charge in [0.2, 0.25) is 5.91 Å². The van der Waals surface area contributed by atoms with E-state index < -0.39 is 5.41 Å². The van der Waals surface area contributed by atoms with Gasteiger partial charge in [0.25, 0.3) is 0 Å². The Morgan fingerprint density at radius 2 is 1.56 bits per heavy atom. The van der Waals surface area contributed by atoms with Gasteiger partial charge in [-0.3, -0.25) is 19.7 Å². The molecule has 1 amide bonds. The Labute approximate surface area is 190 Å². The van der Waals surface area contributed by atoms with E-state index in [9.17, 15) is 4.79 Å². The number of hydrogen-bond acceptors (Lipinski definition) is 4. The number of carbonyl (C=O) groups excluding carboxylic acids is 1. The van der Waals surface area contributed by atoms with Crippen LogP contribution in [0.25, 0.3) is 11.1 Å². The summed E-state index contributed by atoms with van der Waals surface area (Å²) in [6, 6.07) is 16.9. The molecule has 3 aromatic rings. The Hall–Kier alpha value is -3.05. The van der Waals surface area contributed by atoms with Crippen molar-refractivity contribution in [2.45, 2.75) is 45.7 Å².